The van der Waals surface area contributed by atoms with E-state index in [1.165, 1.54) is 6.92 Å². The quantitative estimate of drug-likeness (QED) is 0.301. The number of fused-ring (bicyclic) bond motifs is 1. The van der Waals surface area contributed by atoms with Gasteiger partial charge in [-0.3, -0.25) is 4.79 Å². The first kappa shape index (κ1) is 12.8. The Kier molecular flexibility index (Phi) is 4.16. The second kappa shape index (κ2) is 5.83. The molecule has 2 aromatic carbocycles. The molecule has 0 spiro atoms. The van der Waals surface area contributed by atoms with E-state index < -0.39 is 0 Å². The summed E-state index contributed by atoms with van der Waals surface area (Å²) in [7, 11) is 0. The topological polar surface area (TPSA) is 65.0 Å². The highest BCUT2D eigenvalue weighted by Crippen LogP contribution is 2.34. The third-order valence-corrected chi connectivity index (χ3v) is 2.92. The number of hydrogen-bond donors (Lipinski definition) is 1. The summed E-state index contributed by atoms with van der Waals surface area (Å²) in [6, 6.07) is 10.7. The molecule has 18 heavy (non-hydrogen) atoms. The van der Waals surface area contributed by atoms with E-state index in [9.17, 15) is 4.79 Å². The van der Waals surface area contributed by atoms with Gasteiger partial charge in [0.1, 0.15) is 5.75 Å². The van der Waals surface area contributed by atoms with Crippen LogP contribution in [0.2, 0.25) is 0 Å². The Hall–Kier alpha value is -1.60. The summed E-state index contributed by atoms with van der Waals surface area (Å²) >= 11 is 0.865. The van der Waals surface area contributed by atoms with E-state index >= 15 is 0 Å². The summed E-state index contributed by atoms with van der Waals surface area (Å²) in [5.74, 6) is 0.0999. The Bertz CT molecular complexity index is 569. The lowest BCUT2D eigenvalue weighted by molar-refractivity contribution is -0.432. The van der Waals surface area contributed by atoms with Crippen molar-refractivity contribution in [1.29, 1.82) is 0 Å². The number of hydrogen-bond acceptors (Lipinski definition) is 6. The Morgan fingerprint density at radius 3 is 2.56 bits per heavy atom. The van der Waals surface area contributed by atoms with Gasteiger partial charge in [0.2, 0.25) is 0 Å². The average molecular weight is 266 g/mol. The first-order valence-corrected chi connectivity index (χ1v) is 5.81. The summed E-state index contributed by atoms with van der Waals surface area (Å²) in [5.41, 5.74) is 0. The second-order valence-corrected chi connectivity index (χ2v) is 4.17. The van der Waals surface area contributed by atoms with Gasteiger partial charge < -0.3 is 4.74 Å². The van der Waals surface area contributed by atoms with E-state index in [0.29, 0.717) is 5.75 Å². The molecule has 2 aromatic rings. The van der Waals surface area contributed by atoms with Crippen molar-refractivity contribution >= 4 is 28.8 Å². The van der Waals surface area contributed by atoms with Crippen LogP contribution in [0, 0.1) is 0 Å². The van der Waals surface area contributed by atoms with Crippen LogP contribution in [0.25, 0.3) is 10.8 Å². The maximum atomic E-state index is 11.0. The maximum Gasteiger partial charge on any atom is 0.308 e. The number of ether oxygens (including phenoxy) is 1. The van der Waals surface area contributed by atoms with Gasteiger partial charge in [0.05, 0.1) is 12.0 Å². The van der Waals surface area contributed by atoms with Crippen LogP contribution in [0.15, 0.2) is 41.3 Å². The van der Waals surface area contributed by atoms with Crippen LogP contribution >= 0.6 is 12.0 Å². The zero-order chi connectivity index (χ0) is 13.0. The molecular weight excluding hydrogens is 256 g/mol. The number of rotatable bonds is 4. The zero-order valence-electron chi connectivity index (χ0n) is 9.45. The molecule has 6 heteroatoms. The summed E-state index contributed by atoms with van der Waals surface area (Å²) in [5, 5.41) is 13.3. The molecule has 0 radical (unpaired) electrons. The van der Waals surface area contributed by atoms with Crippen molar-refractivity contribution in [3.05, 3.63) is 36.4 Å². The summed E-state index contributed by atoms with van der Waals surface area (Å²) in [4.78, 5) is 11.7. The fourth-order valence-corrected chi connectivity index (χ4v) is 2.11. The highest BCUT2D eigenvalue weighted by molar-refractivity contribution is 7.94. The van der Waals surface area contributed by atoms with E-state index in [1.54, 1.807) is 12.1 Å². The standard InChI is InChI=1S/C12H10O5S/c1-8(13)15-11-6-7-12(18-17-16-14)10-5-3-2-4-9(10)11/h2-7,14H,1H3. The van der Waals surface area contributed by atoms with Crippen LogP contribution in [0.5, 0.6) is 5.75 Å². The van der Waals surface area contributed by atoms with Gasteiger partial charge in [0.15, 0.2) is 0 Å². The highest BCUT2D eigenvalue weighted by atomic mass is 32.2. The van der Waals surface area contributed by atoms with Crippen LogP contribution < -0.4 is 4.74 Å². The monoisotopic (exact) mass is 266 g/mol. The lowest BCUT2D eigenvalue weighted by Crippen LogP contribution is -2.01. The SMILES string of the molecule is CC(=O)Oc1ccc(SOOO)c2ccccc12. The van der Waals surface area contributed by atoms with Crippen LogP contribution in [0.4, 0.5) is 0 Å². The number of carbonyl (C=O) groups excluding carboxylic acids is 1. The van der Waals surface area contributed by atoms with E-state index in [-0.39, 0.29) is 5.97 Å². The van der Waals surface area contributed by atoms with Crippen molar-refractivity contribution in [2.24, 2.45) is 0 Å². The second-order valence-electron chi connectivity index (χ2n) is 3.43. The lowest BCUT2D eigenvalue weighted by atomic mass is 10.1. The van der Waals surface area contributed by atoms with Crippen molar-refractivity contribution in [3.8, 4) is 5.75 Å². The number of benzene rings is 2. The largest absolute Gasteiger partial charge is 0.426 e. The van der Waals surface area contributed by atoms with Gasteiger partial charge >= 0.3 is 5.97 Å². The minimum absolute atomic E-state index is 0.379. The molecule has 0 unspecified atom stereocenters. The summed E-state index contributed by atoms with van der Waals surface area (Å²) < 4.78 is 9.53. The van der Waals surface area contributed by atoms with Crippen molar-refractivity contribution in [2.45, 2.75) is 11.8 Å². The van der Waals surface area contributed by atoms with E-state index in [1.807, 2.05) is 24.3 Å². The highest BCUT2D eigenvalue weighted by Gasteiger charge is 2.09. The third-order valence-electron chi connectivity index (χ3n) is 2.25. The fraction of sp³-hybridized carbons (Fsp3) is 0.0833. The molecule has 2 rings (SSSR count). The molecule has 0 bridgehead atoms. The van der Waals surface area contributed by atoms with Gasteiger partial charge in [-0.25, -0.2) is 5.26 Å². The van der Waals surface area contributed by atoms with Crippen molar-refractivity contribution < 1.29 is 24.2 Å². The van der Waals surface area contributed by atoms with Gasteiger partial charge in [0, 0.05) is 22.6 Å². The smallest absolute Gasteiger partial charge is 0.308 e. The average Bonchev–Trinajstić information content (AvgIpc) is 2.37. The van der Waals surface area contributed by atoms with E-state index in [0.717, 1.165) is 27.7 Å². The first-order valence-electron chi connectivity index (χ1n) is 5.07. The minimum Gasteiger partial charge on any atom is -0.426 e. The maximum absolute atomic E-state index is 11.0. The Morgan fingerprint density at radius 1 is 1.17 bits per heavy atom. The fourth-order valence-electron chi connectivity index (χ4n) is 1.61. The first-order chi connectivity index (χ1) is 8.72. The van der Waals surface area contributed by atoms with Crippen LogP contribution in [0.1, 0.15) is 6.92 Å². The van der Waals surface area contributed by atoms with Crippen LogP contribution in [0.3, 0.4) is 0 Å². The number of esters is 1. The molecule has 0 saturated carbocycles. The van der Waals surface area contributed by atoms with Crippen molar-refractivity contribution in [3.63, 3.8) is 0 Å². The summed E-state index contributed by atoms with van der Waals surface area (Å²) in [6.45, 7) is 1.35. The molecule has 0 aromatic heterocycles. The Balaban J connectivity index is 2.48. The number of carbonyl (C=O) groups is 1. The van der Waals surface area contributed by atoms with Gasteiger partial charge in [-0.05, 0) is 12.1 Å². The Morgan fingerprint density at radius 2 is 1.89 bits per heavy atom. The molecular formula is C12H10O5S. The van der Waals surface area contributed by atoms with Crippen molar-refractivity contribution in [2.75, 3.05) is 0 Å². The molecule has 0 atom stereocenters. The molecule has 1 N–H and O–H groups in total. The van der Waals surface area contributed by atoms with Gasteiger partial charge in [-0.2, -0.15) is 0 Å². The molecule has 0 aliphatic heterocycles. The Labute approximate surface area is 107 Å². The lowest BCUT2D eigenvalue weighted by Gasteiger charge is -2.08. The van der Waals surface area contributed by atoms with Gasteiger partial charge in [-0.15, -0.1) is 4.33 Å². The minimum atomic E-state index is -0.379. The predicted octanol–water partition coefficient (Wildman–Crippen LogP) is 3.19. The van der Waals surface area contributed by atoms with E-state index in [2.05, 4.69) is 9.37 Å². The predicted molar refractivity (Wildman–Crippen MR) is 65.9 cm³/mol. The molecule has 0 fully saturated rings. The molecule has 0 aliphatic carbocycles. The normalized spacial score (nSPS) is 10.6. The third kappa shape index (κ3) is 2.80. The molecule has 5 nitrogen and oxygen atoms in total. The zero-order valence-corrected chi connectivity index (χ0v) is 10.3. The molecule has 0 amide bonds. The van der Waals surface area contributed by atoms with Gasteiger partial charge in [0.25, 0.3) is 0 Å². The van der Waals surface area contributed by atoms with Crippen molar-refractivity contribution in [1.82, 2.24) is 0 Å². The summed E-state index contributed by atoms with van der Waals surface area (Å²) in [6.07, 6.45) is 0. The molecule has 0 saturated heterocycles. The van der Waals surface area contributed by atoms with Gasteiger partial charge in [-0.1, -0.05) is 29.3 Å². The molecule has 0 heterocycles. The molecule has 94 valence electrons. The van der Waals surface area contributed by atoms with Crippen LogP contribution in [-0.4, -0.2) is 11.2 Å². The van der Waals surface area contributed by atoms with Crippen LogP contribution in [-0.2, 0) is 14.2 Å². The van der Waals surface area contributed by atoms with E-state index in [4.69, 9.17) is 9.99 Å². The molecule has 0 aliphatic rings.